The van der Waals surface area contributed by atoms with Crippen LogP contribution in [-0.2, 0) is 10.0 Å². The van der Waals surface area contributed by atoms with Gasteiger partial charge in [-0.1, -0.05) is 6.92 Å². The van der Waals surface area contributed by atoms with Gasteiger partial charge in [0.15, 0.2) is 0 Å². The molecule has 0 spiro atoms. The first-order chi connectivity index (χ1) is 8.34. The largest absolute Gasteiger partial charge is 0.399 e. The second kappa shape index (κ2) is 6.31. The molecule has 0 amide bonds. The maximum absolute atomic E-state index is 11.5. The van der Waals surface area contributed by atoms with Crippen LogP contribution in [-0.4, -0.2) is 26.0 Å². The molecule has 0 aliphatic rings. The number of anilines is 2. The molecule has 1 unspecified atom stereocenters. The summed E-state index contributed by atoms with van der Waals surface area (Å²) >= 11 is 1.78. The third-order valence-electron chi connectivity index (χ3n) is 2.29. The van der Waals surface area contributed by atoms with Crippen molar-refractivity contribution in [1.82, 2.24) is 0 Å². The van der Waals surface area contributed by atoms with Crippen molar-refractivity contribution in [3.05, 3.63) is 18.2 Å². The van der Waals surface area contributed by atoms with E-state index in [0.29, 0.717) is 11.4 Å². The maximum atomic E-state index is 11.5. The van der Waals surface area contributed by atoms with Gasteiger partial charge in [0.05, 0.1) is 5.69 Å². The van der Waals surface area contributed by atoms with Gasteiger partial charge in [-0.15, -0.1) is 0 Å². The molecule has 1 aromatic rings. The van der Waals surface area contributed by atoms with E-state index in [-0.39, 0.29) is 10.9 Å². The minimum absolute atomic E-state index is 0.0378. The maximum Gasteiger partial charge on any atom is 0.240 e. The van der Waals surface area contributed by atoms with Crippen molar-refractivity contribution in [2.45, 2.75) is 24.8 Å². The summed E-state index contributed by atoms with van der Waals surface area (Å²) in [6.07, 6.45) is 0. The highest BCUT2D eigenvalue weighted by Gasteiger charge is 2.15. The lowest BCUT2D eigenvalue weighted by Gasteiger charge is -2.17. The molecule has 0 saturated heterocycles. The summed E-state index contributed by atoms with van der Waals surface area (Å²) in [6, 6.07) is 4.81. The lowest BCUT2D eigenvalue weighted by molar-refractivity contribution is 0.598. The highest BCUT2D eigenvalue weighted by Crippen LogP contribution is 2.24. The van der Waals surface area contributed by atoms with Crippen LogP contribution in [0.5, 0.6) is 0 Å². The fourth-order valence-electron chi connectivity index (χ4n) is 1.50. The van der Waals surface area contributed by atoms with E-state index in [1.165, 1.54) is 6.07 Å². The standard InChI is InChI=1S/C11H19N3O2S2/c1-3-17-7-8(2)14-10-5-4-9(12)6-11(10)18(13,15)16/h4-6,8,14H,3,7,12H2,1-2H3,(H2,13,15,16). The first kappa shape index (κ1) is 15.1. The normalized spacial score (nSPS) is 13.3. The smallest absolute Gasteiger partial charge is 0.240 e. The molecule has 7 heteroatoms. The van der Waals surface area contributed by atoms with Crippen LogP contribution in [0, 0.1) is 0 Å². The van der Waals surface area contributed by atoms with E-state index in [4.69, 9.17) is 10.9 Å². The number of nitrogen functional groups attached to an aromatic ring is 1. The van der Waals surface area contributed by atoms with Crippen LogP contribution in [0.2, 0.25) is 0 Å². The topological polar surface area (TPSA) is 98.2 Å². The van der Waals surface area contributed by atoms with Gasteiger partial charge < -0.3 is 11.1 Å². The zero-order valence-corrected chi connectivity index (χ0v) is 12.1. The Balaban J connectivity index is 2.95. The second-order valence-corrected chi connectivity index (χ2v) is 6.85. The Hall–Kier alpha value is -0.920. The monoisotopic (exact) mass is 289 g/mol. The highest BCUT2D eigenvalue weighted by molar-refractivity contribution is 7.99. The molecule has 1 atom stereocenters. The molecule has 0 aliphatic heterocycles. The van der Waals surface area contributed by atoms with Crippen molar-refractivity contribution < 1.29 is 8.42 Å². The summed E-state index contributed by atoms with van der Waals surface area (Å²) in [4.78, 5) is 0.0378. The van der Waals surface area contributed by atoms with E-state index >= 15 is 0 Å². The first-order valence-corrected chi connectivity index (χ1v) is 8.31. The van der Waals surface area contributed by atoms with E-state index in [1.807, 2.05) is 6.92 Å². The Morgan fingerprint density at radius 3 is 2.67 bits per heavy atom. The van der Waals surface area contributed by atoms with Crippen LogP contribution in [0.4, 0.5) is 11.4 Å². The molecular formula is C11H19N3O2S2. The number of sulfonamides is 1. The summed E-state index contributed by atoms with van der Waals surface area (Å²) < 4.78 is 23.0. The van der Waals surface area contributed by atoms with Crippen LogP contribution in [0.1, 0.15) is 13.8 Å². The number of nitrogens with one attached hydrogen (secondary N) is 1. The summed E-state index contributed by atoms with van der Waals surface area (Å²) in [5.74, 6) is 1.92. The summed E-state index contributed by atoms with van der Waals surface area (Å²) in [5, 5.41) is 8.32. The Morgan fingerprint density at radius 1 is 1.44 bits per heavy atom. The first-order valence-electron chi connectivity index (χ1n) is 5.61. The summed E-state index contributed by atoms with van der Waals surface area (Å²) in [5.41, 5.74) is 6.45. The van der Waals surface area contributed by atoms with Gasteiger partial charge in [0.1, 0.15) is 4.90 Å². The van der Waals surface area contributed by atoms with Crippen LogP contribution < -0.4 is 16.2 Å². The minimum atomic E-state index is -3.77. The molecule has 1 aromatic carbocycles. The highest BCUT2D eigenvalue weighted by atomic mass is 32.2. The van der Waals surface area contributed by atoms with Crippen molar-refractivity contribution in [3.8, 4) is 0 Å². The zero-order valence-electron chi connectivity index (χ0n) is 10.5. The average Bonchev–Trinajstić information content (AvgIpc) is 2.27. The number of rotatable bonds is 6. The Labute approximate surface area is 112 Å². The van der Waals surface area contributed by atoms with Gasteiger partial charge in [0.2, 0.25) is 10.0 Å². The number of primary sulfonamides is 1. The van der Waals surface area contributed by atoms with E-state index in [9.17, 15) is 8.42 Å². The SMILES string of the molecule is CCSCC(C)Nc1ccc(N)cc1S(N)(=O)=O. The Kier molecular flexibility index (Phi) is 5.30. The number of hydrogen-bond donors (Lipinski definition) is 3. The number of benzene rings is 1. The molecule has 18 heavy (non-hydrogen) atoms. The molecule has 0 aliphatic carbocycles. The number of thioether (sulfide) groups is 1. The molecular weight excluding hydrogens is 270 g/mol. The molecule has 0 fully saturated rings. The molecule has 102 valence electrons. The van der Waals surface area contributed by atoms with Gasteiger partial charge in [-0.05, 0) is 30.9 Å². The Bertz CT molecular complexity index is 503. The van der Waals surface area contributed by atoms with Gasteiger partial charge >= 0.3 is 0 Å². The van der Waals surface area contributed by atoms with Gasteiger partial charge in [-0.25, -0.2) is 13.6 Å². The predicted molar refractivity (Wildman–Crippen MR) is 78.3 cm³/mol. The molecule has 0 bridgehead atoms. The molecule has 0 radical (unpaired) electrons. The van der Waals surface area contributed by atoms with Gasteiger partial charge in [-0.2, -0.15) is 11.8 Å². The lowest BCUT2D eigenvalue weighted by atomic mass is 10.2. The minimum Gasteiger partial charge on any atom is -0.399 e. The average molecular weight is 289 g/mol. The molecule has 5 N–H and O–H groups in total. The molecule has 0 heterocycles. The molecule has 5 nitrogen and oxygen atoms in total. The van der Waals surface area contributed by atoms with E-state index in [1.54, 1.807) is 23.9 Å². The van der Waals surface area contributed by atoms with Gasteiger partial charge in [-0.3, -0.25) is 0 Å². The number of nitrogens with two attached hydrogens (primary N) is 2. The Morgan fingerprint density at radius 2 is 2.11 bits per heavy atom. The van der Waals surface area contributed by atoms with Crippen molar-refractivity contribution in [2.24, 2.45) is 5.14 Å². The van der Waals surface area contributed by atoms with Gasteiger partial charge in [0, 0.05) is 17.5 Å². The fourth-order valence-corrected chi connectivity index (χ4v) is 2.90. The lowest BCUT2D eigenvalue weighted by Crippen LogP contribution is -2.22. The second-order valence-electron chi connectivity index (χ2n) is 4.01. The fraction of sp³-hybridized carbons (Fsp3) is 0.455. The predicted octanol–water partition coefficient (Wildman–Crippen LogP) is 1.47. The third kappa shape index (κ3) is 4.40. The van der Waals surface area contributed by atoms with Crippen LogP contribution in [0.3, 0.4) is 0 Å². The van der Waals surface area contributed by atoms with Crippen LogP contribution in [0.25, 0.3) is 0 Å². The molecule has 0 saturated carbocycles. The van der Waals surface area contributed by atoms with Crippen molar-refractivity contribution >= 4 is 33.2 Å². The van der Waals surface area contributed by atoms with Crippen molar-refractivity contribution in [3.63, 3.8) is 0 Å². The summed E-state index contributed by atoms with van der Waals surface area (Å²) in [6.45, 7) is 4.07. The van der Waals surface area contributed by atoms with E-state index in [2.05, 4.69) is 12.2 Å². The van der Waals surface area contributed by atoms with E-state index < -0.39 is 10.0 Å². The van der Waals surface area contributed by atoms with E-state index in [0.717, 1.165) is 11.5 Å². The van der Waals surface area contributed by atoms with Gasteiger partial charge in [0.25, 0.3) is 0 Å². The van der Waals surface area contributed by atoms with Crippen LogP contribution >= 0.6 is 11.8 Å². The van der Waals surface area contributed by atoms with Crippen molar-refractivity contribution in [1.29, 1.82) is 0 Å². The number of hydrogen-bond acceptors (Lipinski definition) is 5. The van der Waals surface area contributed by atoms with Crippen molar-refractivity contribution in [2.75, 3.05) is 22.6 Å². The molecule has 0 aromatic heterocycles. The third-order valence-corrected chi connectivity index (χ3v) is 4.38. The quantitative estimate of drug-likeness (QED) is 0.689. The zero-order chi connectivity index (χ0) is 13.8. The summed E-state index contributed by atoms with van der Waals surface area (Å²) in [7, 11) is -3.77. The molecule has 1 rings (SSSR count). The van der Waals surface area contributed by atoms with Crippen LogP contribution in [0.15, 0.2) is 23.1 Å².